The Morgan fingerprint density at radius 2 is 1.18 bits per heavy atom. The number of nitrogens with zero attached hydrogens (tertiary/aromatic N) is 2. The van der Waals surface area contributed by atoms with Crippen molar-refractivity contribution < 1.29 is 4.74 Å². The van der Waals surface area contributed by atoms with Crippen molar-refractivity contribution in [1.82, 2.24) is 9.97 Å². The Bertz CT molecular complexity index is 3350. The molecule has 15 rings (SSSR count). The zero-order valence-electron chi connectivity index (χ0n) is 34.3. The van der Waals surface area contributed by atoms with E-state index in [1.54, 1.807) is 5.56 Å². The molecule has 62 heavy (non-hydrogen) atoms. The fourth-order valence-corrected chi connectivity index (χ4v) is 15.7. The quantitative estimate of drug-likeness (QED) is 0.177. The lowest BCUT2D eigenvalue weighted by Gasteiger charge is -2.40. The first kappa shape index (κ1) is 34.3. The lowest BCUT2D eigenvalue weighted by atomic mass is 9.64. The molecule has 4 fully saturated rings. The molecule has 1 aliphatic heterocycles. The van der Waals surface area contributed by atoms with E-state index in [0.29, 0.717) is 16.7 Å². The smallest absolute Gasteiger partial charge is 0.164 e. The molecular formula is C58H42N2OS. The van der Waals surface area contributed by atoms with Gasteiger partial charge in [-0.2, -0.15) is 0 Å². The maximum atomic E-state index is 7.13. The van der Waals surface area contributed by atoms with Gasteiger partial charge in [0.1, 0.15) is 11.5 Å². The number of rotatable bonds is 4. The highest BCUT2D eigenvalue weighted by Crippen LogP contribution is 2.77. The molecule has 9 aromatic rings. The third-order valence-electron chi connectivity index (χ3n) is 16.7. The normalized spacial score (nSPS) is 24.9. The maximum absolute atomic E-state index is 7.13. The molecule has 3 unspecified atom stereocenters. The van der Waals surface area contributed by atoms with Gasteiger partial charge in [-0.1, -0.05) is 133 Å². The summed E-state index contributed by atoms with van der Waals surface area (Å²) in [6.07, 6.45) is 8.66. The van der Waals surface area contributed by atoms with Crippen molar-refractivity contribution in [3.05, 3.63) is 192 Å². The summed E-state index contributed by atoms with van der Waals surface area (Å²) in [6.45, 7) is 0. The van der Waals surface area contributed by atoms with Crippen LogP contribution in [-0.4, -0.2) is 9.97 Å². The van der Waals surface area contributed by atoms with Crippen molar-refractivity contribution in [2.75, 3.05) is 0 Å². The Hall–Kier alpha value is -6.36. The van der Waals surface area contributed by atoms with Gasteiger partial charge in [0.15, 0.2) is 5.82 Å². The average molecular weight is 815 g/mol. The highest BCUT2D eigenvalue weighted by atomic mass is 32.1. The number of benzene rings is 7. The summed E-state index contributed by atoms with van der Waals surface area (Å²) in [5.74, 6) is 5.21. The van der Waals surface area contributed by atoms with Crippen LogP contribution in [0.1, 0.15) is 66.3 Å². The maximum Gasteiger partial charge on any atom is 0.164 e. The largest absolute Gasteiger partial charge is 0.456 e. The van der Waals surface area contributed by atoms with E-state index in [4.69, 9.17) is 14.7 Å². The van der Waals surface area contributed by atoms with Crippen molar-refractivity contribution in [2.45, 2.75) is 49.4 Å². The molecule has 0 radical (unpaired) electrons. The number of hydrogen-bond donors (Lipinski definition) is 0. The van der Waals surface area contributed by atoms with E-state index in [0.717, 1.165) is 68.5 Å². The fraction of sp³-hybridized carbons (Fsp3) is 0.207. The van der Waals surface area contributed by atoms with Crippen molar-refractivity contribution in [1.29, 1.82) is 0 Å². The average Bonchev–Trinajstić information content (AvgIpc) is 4.05. The second-order valence-electron chi connectivity index (χ2n) is 19.6. The summed E-state index contributed by atoms with van der Waals surface area (Å²) >= 11 is 1.85. The molecular weight excluding hydrogens is 773 g/mol. The minimum atomic E-state index is -0.562. The first-order valence-corrected chi connectivity index (χ1v) is 23.4. The standard InChI is InChI=1S/C58H42N2OS/c1-4-14-45-40(10-1)41-11-2-5-15-46(41)58(45)47-16-6-7-18-51(47)61-54-44(13-9-17-48(54)58)55-59-49(28-50(60-55)35-22-25-43-42-12-3-8-19-52(42)62-53(43)27-35)34-20-23-38(24-21-34)57-31-37-30-56(33-57)29-36(37)26-39(56)32-57/h1-25,27-28,36-37,39H,26,29-33H2/t36?,37-,39-,56?,57?/m1/s1. The predicted molar refractivity (Wildman–Crippen MR) is 251 cm³/mol. The highest BCUT2D eigenvalue weighted by molar-refractivity contribution is 7.25. The molecule has 0 saturated heterocycles. The lowest BCUT2D eigenvalue weighted by molar-refractivity contribution is 0.141. The van der Waals surface area contributed by atoms with Crippen LogP contribution in [-0.2, 0) is 10.8 Å². The van der Waals surface area contributed by atoms with Gasteiger partial charge in [-0.05, 0) is 125 Å². The van der Waals surface area contributed by atoms with Crippen LogP contribution >= 0.6 is 11.3 Å². The molecule has 6 aliphatic rings. The van der Waals surface area contributed by atoms with Gasteiger partial charge in [0.2, 0.25) is 0 Å². The van der Waals surface area contributed by atoms with Gasteiger partial charge in [0, 0.05) is 42.4 Å². The van der Waals surface area contributed by atoms with Crippen LogP contribution in [0.15, 0.2) is 164 Å². The van der Waals surface area contributed by atoms with Crippen LogP contribution in [0.4, 0.5) is 0 Å². The van der Waals surface area contributed by atoms with E-state index >= 15 is 0 Å². The number of ether oxygens (including phenoxy) is 1. The van der Waals surface area contributed by atoms with Crippen molar-refractivity contribution in [2.24, 2.45) is 23.2 Å². The molecule has 5 aliphatic carbocycles. The summed E-state index contributed by atoms with van der Waals surface area (Å²) in [4.78, 5) is 11.0. The Balaban J connectivity index is 0.927. The van der Waals surface area contributed by atoms with E-state index in [1.807, 2.05) is 11.3 Å². The predicted octanol–water partition coefficient (Wildman–Crippen LogP) is 14.8. The van der Waals surface area contributed by atoms with Gasteiger partial charge in [0.05, 0.1) is 22.4 Å². The molecule has 4 bridgehead atoms. The SMILES string of the molecule is c1ccc2c(c1)Oc1c(-c3nc(-c4ccc(C56C[C@H]7CC8(CC7C[C@@H]8C5)C6)cc4)cc(-c4ccc5c(c4)sc4ccccc45)n3)cccc1C21c2ccccc2-c2ccccc21. The van der Waals surface area contributed by atoms with E-state index in [-0.39, 0.29) is 0 Å². The number of para-hydroxylation sites is 2. The second kappa shape index (κ2) is 12.0. The Labute approximate surface area is 365 Å². The van der Waals surface area contributed by atoms with E-state index in [9.17, 15) is 0 Å². The lowest BCUT2D eigenvalue weighted by Crippen LogP contribution is -2.33. The van der Waals surface area contributed by atoms with E-state index in [2.05, 4.69) is 164 Å². The summed E-state index contributed by atoms with van der Waals surface area (Å²) in [7, 11) is 0. The minimum absolute atomic E-state index is 0.350. The molecule has 4 heteroatoms. The number of aromatic nitrogens is 2. The van der Waals surface area contributed by atoms with E-state index < -0.39 is 5.41 Å². The molecule has 4 saturated carbocycles. The number of thiophene rings is 1. The molecule has 5 atom stereocenters. The van der Waals surface area contributed by atoms with Crippen molar-refractivity contribution >= 4 is 31.5 Å². The summed E-state index contributed by atoms with van der Waals surface area (Å²) in [5, 5.41) is 2.59. The third-order valence-corrected chi connectivity index (χ3v) is 17.9. The highest BCUT2D eigenvalue weighted by Gasteiger charge is 2.68. The Kier molecular flexibility index (Phi) is 6.61. The minimum Gasteiger partial charge on any atom is -0.456 e. The van der Waals surface area contributed by atoms with Crippen LogP contribution in [0.2, 0.25) is 0 Å². The van der Waals surface area contributed by atoms with Crippen molar-refractivity contribution in [3.8, 4) is 56.5 Å². The topological polar surface area (TPSA) is 35.0 Å². The van der Waals surface area contributed by atoms with Crippen LogP contribution in [0, 0.1) is 23.2 Å². The zero-order valence-corrected chi connectivity index (χ0v) is 35.1. The van der Waals surface area contributed by atoms with E-state index in [1.165, 1.54) is 81.0 Å². The molecule has 2 aromatic heterocycles. The summed E-state index contributed by atoms with van der Waals surface area (Å²) < 4.78 is 9.70. The fourth-order valence-electron chi connectivity index (χ4n) is 14.5. The van der Waals surface area contributed by atoms with Crippen molar-refractivity contribution in [3.63, 3.8) is 0 Å². The molecule has 0 N–H and O–H groups in total. The monoisotopic (exact) mass is 814 g/mol. The molecule has 296 valence electrons. The molecule has 3 nitrogen and oxygen atoms in total. The van der Waals surface area contributed by atoms with Gasteiger partial charge in [-0.25, -0.2) is 9.97 Å². The summed E-state index contributed by atoms with van der Waals surface area (Å²) in [6, 6.07) is 60.5. The molecule has 2 spiro atoms. The van der Waals surface area contributed by atoms with Gasteiger partial charge in [-0.15, -0.1) is 11.3 Å². The second-order valence-corrected chi connectivity index (χ2v) is 20.6. The van der Waals surface area contributed by atoms with Crippen LogP contribution in [0.25, 0.3) is 65.2 Å². The van der Waals surface area contributed by atoms with Crippen LogP contribution in [0.3, 0.4) is 0 Å². The molecule has 3 heterocycles. The van der Waals surface area contributed by atoms with Crippen LogP contribution < -0.4 is 4.74 Å². The summed E-state index contributed by atoms with van der Waals surface area (Å²) in [5.41, 5.74) is 14.3. The van der Waals surface area contributed by atoms with Gasteiger partial charge >= 0.3 is 0 Å². The first-order valence-electron chi connectivity index (χ1n) is 22.6. The Morgan fingerprint density at radius 1 is 0.516 bits per heavy atom. The van der Waals surface area contributed by atoms with Gasteiger partial charge in [-0.3, -0.25) is 0 Å². The molecule has 7 aromatic carbocycles. The van der Waals surface area contributed by atoms with Crippen LogP contribution in [0.5, 0.6) is 11.5 Å². The zero-order chi connectivity index (χ0) is 40.4. The third kappa shape index (κ3) is 4.36. The first-order chi connectivity index (χ1) is 30.6. The Morgan fingerprint density at radius 3 is 2.02 bits per heavy atom. The molecule has 0 amide bonds. The number of fused-ring (bicyclic) bond motifs is 16. The number of hydrogen-bond acceptors (Lipinski definition) is 4. The van der Waals surface area contributed by atoms with Gasteiger partial charge < -0.3 is 4.74 Å². The van der Waals surface area contributed by atoms with Gasteiger partial charge in [0.25, 0.3) is 0 Å².